The Morgan fingerprint density at radius 2 is 1.71 bits per heavy atom. The molecule has 0 unspecified atom stereocenters. The van der Waals surface area contributed by atoms with Gasteiger partial charge < -0.3 is 9.80 Å². The molecule has 114 valence electrons. The Balaban J connectivity index is 1.62. The van der Waals surface area contributed by atoms with Gasteiger partial charge in [0.1, 0.15) is 0 Å². The molecule has 0 bridgehead atoms. The maximum atomic E-state index is 8.43. The molecule has 1 saturated carbocycles. The van der Waals surface area contributed by atoms with E-state index in [-0.39, 0.29) is 0 Å². The summed E-state index contributed by atoms with van der Waals surface area (Å²) in [5.41, 5.74) is 4.15. The van der Waals surface area contributed by atoms with Gasteiger partial charge in [-0.2, -0.15) is 0 Å². The molecule has 0 amide bonds. The van der Waals surface area contributed by atoms with Crippen LogP contribution in [-0.2, 0) is 0 Å². The van der Waals surface area contributed by atoms with Gasteiger partial charge in [0, 0.05) is 37.8 Å². The first-order valence-electron chi connectivity index (χ1n) is 8.31. The lowest BCUT2D eigenvalue weighted by molar-refractivity contribution is 0.362. The summed E-state index contributed by atoms with van der Waals surface area (Å²) in [6, 6.07) is 6.58. The van der Waals surface area contributed by atoms with E-state index in [1.165, 1.54) is 42.5 Å². The average molecular weight is 285 g/mol. The van der Waals surface area contributed by atoms with Crippen LogP contribution in [0.2, 0.25) is 0 Å². The standard InChI is InChI=1S/C18H27N3/c1-14-6-5-9-17(15(14)2)20-10-12-21(13-11-20)18(19)16-7-3-4-8-16/h5-6,9,16,19H,3-4,7-8,10-13H2,1-2H3. The van der Waals surface area contributed by atoms with E-state index in [1.807, 2.05) is 0 Å². The number of rotatable bonds is 2. The van der Waals surface area contributed by atoms with E-state index in [1.54, 1.807) is 0 Å². The molecule has 2 aliphatic rings. The number of nitrogens with one attached hydrogen (secondary N) is 1. The molecule has 3 nitrogen and oxygen atoms in total. The fourth-order valence-corrected chi connectivity index (χ4v) is 3.72. The Morgan fingerprint density at radius 1 is 1.05 bits per heavy atom. The first-order valence-corrected chi connectivity index (χ1v) is 8.31. The highest BCUT2D eigenvalue weighted by Gasteiger charge is 2.27. The van der Waals surface area contributed by atoms with Gasteiger partial charge in [-0.15, -0.1) is 0 Å². The number of amidine groups is 1. The van der Waals surface area contributed by atoms with Gasteiger partial charge in [0.05, 0.1) is 5.84 Å². The van der Waals surface area contributed by atoms with E-state index in [0.29, 0.717) is 5.92 Å². The molecule has 1 aliphatic carbocycles. The van der Waals surface area contributed by atoms with Crippen molar-refractivity contribution in [1.82, 2.24) is 4.90 Å². The van der Waals surface area contributed by atoms with Crippen LogP contribution >= 0.6 is 0 Å². The molecular weight excluding hydrogens is 258 g/mol. The molecule has 3 heteroatoms. The van der Waals surface area contributed by atoms with E-state index < -0.39 is 0 Å². The molecule has 1 heterocycles. The minimum Gasteiger partial charge on any atom is -0.368 e. The molecule has 0 aromatic heterocycles. The molecule has 1 aromatic carbocycles. The number of benzene rings is 1. The molecule has 1 aromatic rings. The number of nitrogens with zero attached hydrogens (tertiary/aromatic N) is 2. The van der Waals surface area contributed by atoms with Crippen LogP contribution in [0.1, 0.15) is 36.8 Å². The lowest BCUT2D eigenvalue weighted by atomic mass is 10.0. The van der Waals surface area contributed by atoms with E-state index >= 15 is 0 Å². The normalized spacial score (nSPS) is 20.1. The molecule has 1 saturated heterocycles. The number of anilines is 1. The average Bonchev–Trinajstić information content (AvgIpc) is 3.04. The van der Waals surface area contributed by atoms with Crippen LogP contribution in [0.4, 0.5) is 5.69 Å². The van der Waals surface area contributed by atoms with Gasteiger partial charge in [0.2, 0.25) is 0 Å². The maximum Gasteiger partial charge on any atom is 0.0990 e. The minimum atomic E-state index is 0.539. The van der Waals surface area contributed by atoms with E-state index in [9.17, 15) is 0 Å². The van der Waals surface area contributed by atoms with Crippen molar-refractivity contribution in [3.05, 3.63) is 29.3 Å². The van der Waals surface area contributed by atoms with Crippen LogP contribution in [0.25, 0.3) is 0 Å². The smallest absolute Gasteiger partial charge is 0.0990 e. The van der Waals surface area contributed by atoms with Gasteiger partial charge in [-0.25, -0.2) is 0 Å². The van der Waals surface area contributed by atoms with Crippen LogP contribution in [-0.4, -0.2) is 36.9 Å². The quantitative estimate of drug-likeness (QED) is 0.665. The lowest BCUT2D eigenvalue weighted by Gasteiger charge is -2.39. The van der Waals surface area contributed by atoms with Crippen molar-refractivity contribution in [3.63, 3.8) is 0 Å². The van der Waals surface area contributed by atoms with Crippen molar-refractivity contribution in [2.45, 2.75) is 39.5 Å². The summed E-state index contributed by atoms with van der Waals surface area (Å²) in [7, 11) is 0. The maximum absolute atomic E-state index is 8.43. The Morgan fingerprint density at radius 3 is 2.38 bits per heavy atom. The van der Waals surface area contributed by atoms with Gasteiger partial charge >= 0.3 is 0 Å². The number of aryl methyl sites for hydroxylation is 1. The zero-order valence-electron chi connectivity index (χ0n) is 13.4. The third-order valence-corrected chi connectivity index (χ3v) is 5.28. The molecule has 3 rings (SSSR count). The summed E-state index contributed by atoms with van der Waals surface area (Å²) >= 11 is 0. The van der Waals surface area contributed by atoms with Crippen molar-refractivity contribution in [2.24, 2.45) is 5.92 Å². The van der Waals surface area contributed by atoms with Crippen molar-refractivity contribution in [1.29, 1.82) is 5.41 Å². The molecular formula is C18H27N3. The predicted octanol–water partition coefficient (Wildman–Crippen LogP) is 3.59. The van der Waals surface area contributed by atoms with Crippen molar-refractivity contribution in [2.75, 3.05) is 31.1 Å². The fraction of sp³-hybridized carbons (Fsp3) is 0.611. The van der Waals surface area contributed by atoms with Gasteiger partial charge in [0.15, 0.2) is 0 Å². The SMILES string of the molecule is Cc1cccc(N2CCN(C(=N)C3CCCC3)CC2)c1C. The summed E-state index contributed by atoms with van der Waals surface area (Å²) in [6.45, 7) is 8.49. The van der Waals surface area contributed by atoms with Crippen LogP contribution in [0, 0.1) is 25.2 Å². The number of piperazine rings is 1. The topological polar surface area (TPSA) is 30.3 Å². The number of hydrogen-bond acceptors (Lipinski definition) is 2. The molecule has 0 spiro atoms. The summed E-state index contributed by atoms with van der Waals surface area (Å²) in [5, 5.41) is 8.43. The highest BCUT2D eigenvalue weighted by atomic mass is 15.3. The van der Waals surface area contributed by atoms with Gasteiger partial charge in [0.25, 0.3) is 0 Å². The van der Waals surface area contributed by atoms with Gasteiger partial charge in [-0.3, -0.25) is 5.41 Å². The zero-order valence-corrected chi connectivity index (χ0v) is 13.4. The third kappa shape index (κ3) is 2.92. The van der Waals surface area contributed by atoms with Crippen molar-refractivity contribution >= 4 is 11.5 Å². The highest BCUT2D eigenvalue weighted by molar-refractivity contribution is 5.82. The molecule has 2 fully saturated rings. The van der Waals surface area contributed by atoms with E-state index in [0.717, 1.165) is 32.0 Å². The summed E-state index contributed by atoms with van der Waals surface area (Å²) in [4.78, 5) is 4.80. The second kappa shape index (κ2) is 6.08. The summed E-state index contributed by atoms with van der Waals surface area (Å²) < 4.78 is 0. The molecule has 0 radical (unpaired) electrons. The van der Waals surface area contributed by atoms with E-state index in [2.05, 4.69) is 41.8 Å². The first-order chi connectivity index (χ1) is 10.2. The number of hydrogen-bond donors (Lipinski definition) is 1. The Hall–Kier alpha value is -1.51. The first kappa shape index (κ1) is 14.4. The largest absolute Gasteiger partial charge is 0.368 e. The van der Waals surface area contributed by atoms with Crippen LogP contribution in [0.5, 0.6) is 0 Å². The van der Waals surface area contributed by atoms with Crippen molar-refractivity contribution in [3.8, 4) is 0 Å². The van der Waals surface area contributed by atoms with Crippen LogP contribution in [0.15, 0.2) is 18.2 Å². The second-order valence-corrected chi connectivity index (χ2v) is 6.56. The Bertz CT molecular complexity index is 509. The lowest BCUT2D eigenvalue weighted by Crippen LogP contribution is -2.50. The monoisotopic (exact) mass is 285 g/mol. The summed E-state index contributed by atoms with van der Waals surface area (Å²) in [6.07, 6.45) is 5.09. The van der Waals surface area contributed by atoms with Crippen LogP contribution < -0.4 is 4.90 Å². The van der Waals surface area contributed by atoms with Crippen molar-refractivity contribution < 1.29 is 0 Å². The molecule has 21 heavy (non-hydrogen) atoms. The molecule has 1 aliphatic heterocycles. The zero-order chi connectivity index (χ0) is 14.8. The van der Waals surface area contributed by atoms with E-state index in [4.69, 9.17) is 5.41 Å². The Kier molecular flexibility index (Phi) is 4.18. The van der Waals surface area contributed by atoms with Gasteiger partial charge in [-0.1, -0.05) is 25.0 Å². The third-order valence-electron chi connectivity index (χ3n) is 5.28. The second-order valence-electron chi connectivity index (χ2n) is 6.56. The molecule has 0 atom stereocenters. The van der Waals surface area contributed by atoms with Crippen LogP contribution in [0.3, 0.4) is 0 Å². The fourth-order valence-electron chi connectivity index (χ4n) is 3.72. The minimum absolute atomic E-state index is 0.539. The predicted molar refractivity (Wildman–Crippen MR) is 89.4 cm³/mol. The Labute approximate surface area is 128 Å². The molecule has 1 N–H and O–H groups in total. The van der Waals surface area contributed by atoms with Gasteiger partial charge in [-0.05, 0) is 43.9 Å². The highest BCUT2D eigenvalue weighted by Crippen LogP contribution is 2.28. The summed E-state index contributed by atoms with van der Waals surface area (Å²) in [5.74, 6) is 1.45.